The molecule has 9 unspecified atom stereocenters. The Morgan fingerprint density at radius 3 is 1.21 bits per heavy atom. The number of hydrogen-bond acceptors (Lipinski definition) is 8. The SMILES string of the molecule is CC/C(=N\CCC[Si](OC)(OC)OC(C)(C)[Si](C)(CCC(F)(F)F)OC(C)(C)[Si](CCC/N=S(\CC(C)(C)C)C(C)(CC)C(C)(CC)C(F)(C(F)(F)F)C(F)(F)C(C)(CC)C(C)(C)C(F)(F)C(F)F)(OC)OC)C(C)(CC)C(F)(C(F)(F)F)C(F)(F)C(C)(CC)C(F)(F)C(F)F. The van der Waals surface area contributed by atoms with Crippen molar-refractivity contribution < 1.29 is 128 Å². The van der Waals surface area contributed by atoms with Crippen LogP contribution in [0, 0.1) is 32.5 Å². The van der Waals surface area contributed by atoms with Crippen LogP contribution in [0.25, 0.3) is 0 Å². The van der Waals surface area contributed by atoms with Gasteiger partial charge in [0.2, 0.25) is 8.32 Å². The molecular weight excluding hydrogens is 1410 g/mol. The summed E-state index contributed by atoms with van der Waals surface area (Å²) < 4.78 is 397. The fraction of sp³-hybridized carbons (Fsp3) is 0.984. The number of aliphatic imine (C=N–C) groups is 1. The van der Waals surface area contributed by atoms with Gasteiger partial charge in [0.25, 0.3) is 17.3 Å². The Balaban J connectivity index is 8.12. The Labute approximate surface area is 559 Å². The molecular formula is C61H107F23N2O6SSi3. The van der Waals surface area contributed by atoms with E-state index in [0.717, 1.165) is 48.8 Å². The van der Waals surface area contributed by atoms with E-state index in [1.165, 1.54) is 55.4 Å². The Kier molecular flexibility index (Phi) is 31.1. The van der Waals surface area contributed by atoms with Crippen LogP contribution in [-0.4, -0.2) is 160 Å². The Morgan fingerprint density at radius 2 is 0.875 bits per heavy atom. The van der Waals surface area contributed by atoms with Gasteiger partial charge in [0.1, 0.15) is 5.41 Å². The van der Waals surface area contributed by atoms with E-state index in [1.54, 1.807) is 20.8 Å². The molecule has 0 saturated carbocycles. The van der Waals surface area contributed by atoms with Gasteiger partial charge < -0.3 is 26.6 Å². The summed E-state index contributed by atoms with van der Waals surface area (Å²) in [4.78, 5) is 4.06. The van der Waals surface area contributed by atoms with Gasteiger partial charge in [-0.1, -0.05) is 108 Å². The summed E-state index contributed by atoms with van der Waals surface area (Å²) in [6.45, 7) is 19.1. The average molecular weight is 1520 g/mol. The standard InChI is InChI=1S/C61H107F23N2O6SSi3/c1-26-41(48(16,27-2)56(73,60(79,80)81)59(77,78)51(19,30-5)55(71,72)43(64)65)85-35-32-38-96(89-23,90-24)92-46(12,13)94(25,39-34-53(66,67)68)91-47(14,15)95(87-21,88-22)37-33-36-86-93(40-44(7,8)9)52(20,31-6)50(18,29-4)57(74,61(82,83)84)58(75,76)49(17,28-3)45(10,11)54(69,70)42(62)63/h42-43H,26-40H2,1-25H3/b85-41+. The third kappa shape index (κ3) is 16.4. The third-order valence-electron chi connectivity index (χ3n) is 21.9. The minimum Gasteiger partial charge on any atom is -0.407 e. The van der Waals surface area contributed by atoms with Crippen molar-refractivity contribution in [3.63, 3.8) is 0 Å². The highest BCUT2D eigenvalue weighted by atomic mass is 32.2. The molecule has 0 heterocycles. The number of rotatable bonds is 41. The maximum Gasteiger partial charge on any atom is 0.500 e. The highest BCUT2D eigenvalue weighted by molar-refractivity contribution is 7.88. The van der Waals surface area contributed by atoms with Gasteiger partial charge in [-0.25, -0.2) is 43.9 Å². The second kappa shape index (κ2) is 31.5. The monoisotopic (exact) mass is 1520 g/mol. The van der Waals surface area contributed by atoms with Gasteiger partial charge in [-0.15, -0.1) is 0 Å². The molecule has 8 nitrogen and oxygen atoms in total. The van der Waals surface area contributed by atoms with Crippen molar-refractivity contribution in [2.45, 2.75) is 303 Å². The van der Waals surface area contributed by atoms with E-state index in [9.17, 15) is 30.7 Å². The van der Waals surface area contributed by atoms with Crippen LogP contribution in [0.2, 0.25) is 24.7 Å². The molecule has 576 valence electrons. The molecule has 0 aromatic carbocycles. The van der Waals surface area contributed by atoms with Crippen LogP contribution in [0.5, 0.6) is 0 Å². The molecule has 0 N–H and O–H groups in total. The molecule has 0 aromatic rings. The molecule has 0 bridgehead atoms. The van der Waals surface area contributed by atoms with Crippen molar-refractivity contribution in [1.82, 2.24) is 0 Å². The van der Waals surface area contributed by atoms with Crippen molar-refractivity contribution in [2.75, 3.05) is 47.3 Å². The first-order chi connectivity index (χ1) is 42.5. The van der Waals surface area contributed by atoms with E-state index in [4.69, 9.17) is 30.9 Å². The molecule has 0 rings (SSSR count). The number of halogens is 23. The predicted octanol–water partition coefficient (Wildman–Crippen LogP) is 22.1. The molecule has 0 amide bonds. The first kappa shape index (κ1) is 94.6. The summed E-state index contributed by atoms with van der Waals surface area (Å²) in [6.07, 6.45) is -36.1. The first-order valence-corrected chi connectivity index (χ1v) is 39.6. The van der Waals surface area contributed by atoms with E-state index in [2.05, 4.69) is 4.99 Å². The summed E-state index contributed by atoms with van der Waals surface area (Å²) in [5.41, 5.74) is -32.4. The first-order valence-electron chi connectivity index (χ1n) is 31.7. The third-order valence-corrected chi connectivity index (χ3v) is 37.8. The lowest BCUT2D eigenvalue weighted by atomic mass is 9.50. The number of alkyl halides is 23. The minimum atomic E-state index is -6.68. The maximum atomic E-state index is 18.4. The topological polar surface area (TPSA) is 80.1 Å². The molecule has 96 heavy (non-hydrogen) atoms. The Morgan fingerprint density at radius 1 is 0.458 bits per heavy atom. The molecule has 0 fully saturated rings. The zero-order valence-corrected chi connectivity index (χ0v) is 64.0. The quantitative estimate of drug-likeness (QED) is 0.0263. The van der Waals surface area contributed by atoms with Crippen LogP contribution in [-0.2, 0) is 37.2 Å². The van der Waals surface area contributed by atoms with Gasteiger partial charge >= 0.3 is 66.5 Å². The predicted molar refractivity (Wildman–Crippen MR) is 335 cm³/mol. The smallest absolute Gasteiger partial charge is 0.407 e. The van der Waals surface area contributed by atoms with Crippen molar-refractivity contribution >= 4 is 42.1 Å². The van der Waals surface area contributed by atoms with Crippen LogP contribution in [0.3, 0.4) is 0 Å². The van der Waals surface area contributed by atoms with Crippen LogP contribution in [0.15, 0.2) is 9.36 Å². The second-order valence-corrected chi connectivity index (χ2v) is 42.4. The van der Waals surface area contributed by atoms with Gasteiger partial charge in [0.15, 0.2) is 0 Å². The molecule has 0 radical (unpaired) electrons. The summed E-state index contributed by atoms with van der Waals surface area (Å²) in [6, 6.07) is -1.32. The van der Waals surface area contributed by atoms with E-state index < -0.39 is 220 Å². The molecule has 0 spiro atoms. The van der Waals surface area contributed by atoms with E-state index in [-0.39, 0.29) is 58.9 Å². The normalized spacial score (nSPS) is 20.5. The molecule has 0 aliphatic rings. The summed E-state index contributed by atoms with van der Waals surface area (Å²) in [5, 5.41) is -3.57. The maximum absolute atomic E-state index is 18.4. The lowest BCUT2D eigenvalue weighted by molar-refractivity contribution is -0.391. The zero-order chi connectivity index (χ0) is 77.1. The van der Waals surface area contributed by atoms with Crippen LogP contribution < -0.4 is 0 Å². The molecule has 0 aromatic heterocycles. The highest BCUT2D eigenvalue weighted by Gasteiger charge is 2.88. The molecule has 35 heteroatoms. The van der Waals surface area contributed by atoms with Gasteiger partial charge in [-0.3, -0.25) is 9.36 Å². The van der Waals surface area contributed by atoms with Gasteiger partial charge in [0, 0.05) is 86.5 Å². The fourth-order valence-corrected chi connectivity index (χ4v) is 26.9. The molecule has 0 saturated heterocycles. The van der Waals surface area contributed by atoms with E-state index >= 15 is 70.2 Å². The summed E-state index contributed by atoms with van der Waals surface area (Å²) in [5.74, 6) is -23.5. The fourth-order valence-electron chi connectivity index (χ4n) is 13.4. The highest BCUT2D eigenvalue weighted by Crippen LogP contribution is 2.72. The zero-order valence-electron chi connectivity index (χ0n) is 60.2. The van der Waals surface area contributed by atoms with Gasteiger partial charge in [0.05, 0.1) is 15.9 Å². The van der Waals surface area contributed by atoms with Crippen LogP contribution in [0.4, 0.5) is 101 Å². The van der Waals surface area contributed by atoms with Gasteiger partial charge in [-0.2, -0.15) is 57.1 Å². The van der Waals surface area contributed by atoms with Crippen molar-refractivity contribution in [3.8, 4) is 0 Å². The van der Waals surface area contributed by atoms with Crippen molar-refractivity contribution in [1.29, 1.82) is 0 Å². The molecule has 9 atom stereocenters. The lowest BCUT2D eigenvalue weighted by Crippen LogP contribution is -2.77. The molecule has 0 aliphatic carbocycles. The largest absolute Gasteiger partial charge is 0.500 e. The van der Waals surface area contributed by atoms with Crippen molar-refractivity contribution in [2.24, 2.45) is 41.8 Å². The number of hydrogen-bond donors (Lipinski definition) is 0. The average Bonchev–Trinajstić information content (AvgIpc) is 0.682. The van der Waals surface area contributed by atoms with Gasteiger partial charge in [-0.05, 0) is 117 Å². The summed E-state index contributed by atoms with van der Waals surface area (Å²) in [7, 11) is -9.96. The van der Waals surface area contributed by atoms with Crippen molar-refractivity contribution in [3.05, 3.63) is 0 Å². The van der Waals surface area contributed by atoms with E-state index in [0.29, 0.717) is 20.8 Å². The minimum absolute atomic E-state index is 0.126. The number of nitrogens with zero attached hydrogens (tertiary/aromatic N) is 2. The Bertz CT molecular complexity index is 2550. The molecule has 0 aliphatic heterocycles. The lowest BCUT2D eigenvalue weighted by Gasteiger charge is -2.61. The Hall–Kier alpha value is -1.38. The van der Waals surface area contributed by atoms with Crippen LogP contribution >= 0.6 is 0 Å². The van der Waals surface area contributed by atoms with E-state index in [1.807, 2.05) is 0 Å². The summed E-state index contributed by atoms with van der Waals surface area (Å²) >= 11 is 0. The van der Waals surface area contributed by atoms with Crippen LogP contribution in [0.1, 0.15) is 196 Å². The second-order valence-electron chi connectivity index (χ2n) is 28.9.